The summed E-state index contributed by atoms with van der Waals surface area (Å²) in [7, 11) is -2.92. The molecule has 2 nitrogen and oxygen atoms in total. The van der Waals surface area contributed by atoms with E-state index >= 15 is 0 Å². The average molecular weight is 489 g/mol. The van der Waals surface area contributed by atoms with Gasteiger partial charge in [0.15, 0.2) is 0 Å². The molecule has 0 saturated heterocycles. The topological polar surface area (TPSA) is 9.86 Å². The van der Waals surface area contributed by atoms with Crippen LogP contribution in [0.1, 0.15) is 0 Å². The van der Waals surface area contributed by atoms with Crippen molar-refractivity contribution in [3.63, 3.8) is 0 Å². The third-order valence-electron chi connectivity index (χ3n) is 7.90. The Labute approximate surface area is 216 Å². The van der Waals surface area contributed by atoms with E-state index in [1.54, 1.807) is 0 Å². The maximum atomic E-state index is 2.72. The molecule has 0 spiro atoms. The lowest BCUT2D eigenvalue weighted by atomic mass is 10.0. The zero-order valence-corrected chi connectivity index (χ0v) is 21.3. The Kier molecular flexibility index (Phi) is 4.28. The second kappa shape index (κ2) is 7.70. The van der Waals surface area contributed by atoms with Gasteiger partial charge in [-0.3, -0.25) is 0 Å². The van der Waals surface area contributed by atoms with E-state index < -0.39 is 8.40 Å². The summed E-state index contributed by atoms with van der Waals surface area (Å²) in [4.78, 5) is 0. The molecule has 0 unspecified atom stereocenters. The van der Waals surface area contributed by atoms with Crippen LogP contribution in [0.25, 0.3) is 44.3 Å². The minimum absolute atomic E-state index is 1.27. The predicted molar refractivity (Wildman–Crippen MR) is 157 cm³/mol. The molecule has 5 aromatic carbocycles. The molecule has 0 aliphatic carbocycles. The molecule has 2 aromatic heterocycles. The van der Waals surface area contributed by atoms with Gasteiger partial charge in [-0.1, -0.05) is 121 Å². The van der Waals surface area contributed by atoms with Gasteiger partial charge in [-0.25, -0.2) is 0 Å². The van der Waals surface area contributed by atoms with Crippen molar-refractivity contribution in [2.45, 2.75) is 0 Å². The molecule has 3 heterocycles. The SMILES string of the molecule is c1ccc([Si]2(c3ccccc3)n3c(cc4ccccc43)-c3ccccc3-c3cc4ccccc4n32)cc1. The first-order valence-electron chi connectivity index (χ1n) is 12.8. The summed E-state index contributed by atoms with van der Waals surface area (Å²) in [6, 6.07) is 53.9. The third kappa shape index (κ3) is 2.69. The van der Waals surface area contributed by atoms with E-state index in [2.05, 4.69) is 154 Å². The van der Waals surface area contributed by atoms with Crippen molar-refractivity contribution in [1.82, 2.24) is 8.47 Å². The summed E-state index contributed by atoms with van der Waals surface area (Å²) in [5, 5.41) is 5.27. The van der Waals surface area contributed by atoms with Crippen molar-refractivity contribution in [2.75, 3.05) is 0 Å². The fourth-order valence-electron chi connectivity index (χ4n) is 6.46. The number of rotatable bonds is 2. The van der Waals surface area contributed by atoms with Crippen LogP contribution in [0.2, 0.25) is 0 Å². The summed E-state index contributed by atoms with van der Waals surface area (Å²) < 4.78 is 5.43. The number of fused-ring (bicyclic) bond motifs is 9. The van der Waals surface area contributed by atoms with Crippen molar-refractivity contribution in [3.8, 4) is 22.5 Å². The fraction of sp³-hybridized carbons (Fsp3) is 0. The minimum Gasteiger partial charge on any atom is -0.342 e. The van der Waals surface area contributed by atoms with Gasteiger partial charge in [0.25, 0.3) is 0 Å². The maximum Gasteiger partial charge on any atom is 0.340 e. The Morgan fingerprint density at radius 2 is 0.757 bits per heavy atom. The Hall–Kier alpha value is -4.60. The van der Waals surface area contributed by atoms with Crippen LogP contribution in [-0.4, -0.2) is 16.9 Å². The summed E-state index contributed by atoms with van der Waals surface area (Å²) in [6.45, 7) is 0. The Balaban J connectivity index is 1.72. The smallest absolute Gasteiger partial charge is 0.340 e. The van der Waals surface area contributed by atoms with E-state index in [1.165, 1.54) is 54.7 Å². The van der Waals surface area contributed by atoms with Crippen LogP contribution in [0, 0.1) is 0 Å². The number of nitrogens with zero attached hydrogens (tertiary/aromatic N) is 2. The van der Waals surface area contributed by atoms with Gasteiger partial charge in [0.1, 0.15) is 0 Å². The summed E-state index contributed by atoms with van der Waals surface area (Å²) in [6.07, 6.45) is 0. The fourth-order valence-corrected chi connectivity index (χ4v) is 11.5. The summed E-state index contributed by atoms with van der Waals surface area (Å²) >= 11 is 0. The second-order valence-electron chi connectivity index (χ2n) is 9.80. The van der Waals surface area contributed by atoms with Crippen LogP contribution in [0.5, 0.6) is 0 Å². The van der Waals surface area contributed by atoms with Gasteiger partial charge in [0, 0.05) is 33.5 Å². The van der Waals surface area contributed by atoms with Crippen molar-refractivity contribution >= 4 is 40.6 Å². The highest BCUT2D eigenvalue weighted by molar-refractivity contribution is 7.01. The predicted octanol–water partition coefficient (Wildman–Crippen LogP) is 6.90. The van der Waals surface area contributed by atoms with Crippen LogP contribution < -0.4 is 10.4 Å². The molecule has 37 heavy (non-hydrogen) atoms. The molecule has 0 radical (unpaired) electrons. The van der Waals surface area contributed by atoms with E-state index in [9.17, 15) is 0 Å². The van der Waals surface area contributed by atoms with Gasteiger partial charge in [0.05, 0.1) is 0 Å². The van der Waals surface area contributed by atoms with Crippen LogP contribution in [0.4, 0.5) is 0 Å². The third-order valence-corrected chi connectivity index (χ3v) is 12.4. The quantitative estimate of drug-likeness (QED) is 0.234. The van der Waals surface area contributed by atoms with Crippen LogP contribution >= 0.6 is 0 Å². The minimum atomic E-state index is -2.92. The molecule has 174 valence electrons. The molecular formula is C34H24N2Si. The monoisotopic (exact) mass is 488 g/mol. The molecule has 1 aliphatic rings. The number of aromatic nitrogens is 2. The zero-order valence-electron chi connectivity index (χ0n) is 20.3. The van der Waals surface area contributed by atoms with E-state index in [1.807, 2.05) is 0 Å². The average Bonchev–Trinajstić information content (AvgIpc) is 3.53. The summed E-state index contributed by atoms with van der Waals surface area (Å²) in [5.41, 5.74) is 7.68. The molecule has 0 saturated carbocycles. The van der Waals surface area contributed by atoms with Crippen molar-refractivity contribution in [2.24, 2.45) is 0 Å². The van der Waals surface area contributed by atoms with Gasteiger partial charge in [0.2, 0.25) is 0 Å². The van der Waals surface area contributed by atoms with E-state index in [0.717, 1.165) is 0 Å². The lowest BCUT2D eigenvalue weighted by Gasteiger charge is -2.38. The first kappa shape index (κ1) is 20.6. The number of hydrogen-bond acceptors (Lipinski definition) is 0. The number of hydrogen-bond donors (Lipinski definition) is 0. The van der Waals surface area contributed by atoms with E-state index in [4.69, 9.17) is 0 Å². The van der Waals surface area contributed by atoms with Gasteiger partial charge in [-0.05, 0) is 45.4 Å². The molecule has 0 atom stereocenters. The normalized spacial score (nSPS) is 13.6. The Morgan fingerprint density at radius 1 is 0.378 bits per heavy atom. The molecule has 0 fully saturated rings. The first-order valence-corrected chi connectivity index (χ1v) is 14.7. The molecule has 0 bridgehead atoms. The Morgan fingerprint density at radius 3 is 1.22 bits per heavy atom. The van der Waals surface area contributed by atoms with Crippen molar-refractivity contribution in [1.29, 1.82) is 0 Å². The number of para-hydroxylation sites is 2. The molecule has 0 N–H and O–H groups in total. The summed E-state index contributed by atoms with van der Waals surface area (Å²) in [5.74, 6) is 0. The highest BCUT2D eigenvalue weighted by Gasteiger charge is 2.49. The van der Waals surface area contributed by atoms with Crippen LogP contribution in [0.3, 0.4) is 0 Å². The lowest BCUT2D eigenvalue weighted by molar-refractivity contribution is 1.12. The second-order valence-corrected chi connectivity index (χ2v) is 13.2. The molecule has 8 rings (SSSR count). The van der Waals surface area contributed by atoms with Gasteiger partial charge in [-0.2, -0.15) is 0 Å². The highest BCUT2D eigenvalue weighted by Crippen LogP contribution is 2.44. The van der Waals surface area contributed by atoms with Gasteiger partial charge >= 0.3 is 8.40 Å². The highest BCUT2D eigenvalue weighted by atomic mass is 28.3. The lowest BCUT2D eigenvalue weighted by Crippen LogP contribution is -2.69. The van der Waals surface area contributed by atoms with Crippen molar-refractivity contribution < 1.29 is 0 Å². The zero-order chi connectivity index (χ0) is 24.4. The van der Waals surface area contributed by atoms with E-state index in [-0.39, 0.29) is 0 Å². The first-order chi connectivity index (χ1) is 18.4. The maximum absolute atomic E-state index is 2.92. The van der Waals surface area contributed by atoms with Gasteiger partial charge in [-0.15, -0.1) is 0 Å². The van der Waals surface area contributed by atoms with Crippen LogP contribution in [-0.2, 0) is 0 Å². The van der Waals surface area contributed by atoms with Crippen molar-refractivity contribution in [3.05, 3.63) is 146 Å². The number of benzene rings is 5. The molecule has 7 aromatic rings. The Bertz CT molecular complexity index is 1790. The molecular weight excluding hydrogens is 464 g/mol. The molecule has 1 aliphatic heterocycles. The van der Waals surface area contributed by atoms with E-state index in [0.29, 0.717) is 0 Å². The molecule has 3 heteroatoms. The van der Waals surface area contributed by atoms with Gasteiger partial charge < -0.3 is 8.47 Å². The largest absolute Gasteiger partial charge is 0.342 e. The molecule has 0 amide bonds. The van der Waals surface area contributed by atoms with Crippen LogP contribution in [0.15, 0.2) is 146 Å². The standard InChI is InChI=1S/C34H24N2Si/c1-3-15-27(16-4-1)37(28-17-5-2-6-18-28)35-31-21-11-7-13-25(31)23-33(35)29-19-9-10-20-30(29)34-24-26-14-8-12-22-32(26)36(34)37/h1-24H.